The Hall–Kier alpha value is -2.14. The number of benzene rings is 1. The van der Waals surface area contributed by atoms with Gasteiger partial charge in [-0.2, -0.15) is 0 Å². The maximum atomic E-state index is 12.4. The van der Waals surface area contributed by atoms with E-state index >= 15 is 0 Å². The van der Waals surface area contributed by atoms with Crippen molar-refractivity contribution in [3.8, 4) is 0 Å². The average molecular weight is 371 g/mol. The van der Waals surface area contributed by atoms with Gasteiger partial charge in [0.25, 0.3) is 0 Å². The molecule has 1 atom stereocenters. The quantitative estimate of drug-likeness (QED) is 0.619. The van der Waals surface area contributed by atoms with Gasteiger partial charge in [0.15, 0.2) is 5.78 Å². The number of nitrogens with zero attached hydrogens (tertiary/aromatic N) is 1. The molecule has 25 heavy (non-hydrogen) atoms. The molecule has 0 aliphatic carbocycles. The first kappa shape index (κ1) is 17.7. The van der Waals surface area contributed by atoms with Crippen molar-refractivity contribution in [1.82, 2.24) is 10.3 Å². The number of rotatable bonds is 5. The molecule has 2 heterocycles. The zero-order valence-electron chi connectivity index (χ0n) is 13.5. The largest absolute Gasteiger partial charge is 0.382 e. The van der Waals surface area contributed by atoms with Crippen molar-refractivity contribution in [2.45, 2.75) is 6.54 Å². The van der Waals surface area contributed by atoms with Crippen LogP contribution in [-0.2, 0) is 16.1 Å². The molecule has 2 aromatic rings. The molecule has 1 aliphatic rings. The van der Waals surface area contributed by atoms with Crippen molar-refractivity contribution in [1.29, 1.82) is 0 Å². The van der Waals surface area contributed by atoms with Crippen LogP contribution in [0, 0.1) is 0 Å². The number of aromatic nitrogens is 1. The summed E-state index contributed by atoms with van der Waals surface area (Å²) in [6.45, 7) is 0.932. The number of ether oxygens (including phenoxy) is 1. The van der Waals surface area contributed by atoms with Crippen LogP contribution in [-0.4, -0.2) is 29.0 Å². The number of carbonyl (C=O) groups is 1. The normalized spacial score (nSPS) is 14.4. The Morgan fingerprint density at radius 2 is 2.04 bits per heavy atom. The molecule has 1 aromatic heterocycles. The second-order valence-corrected chi connectivity index (χ2v) is 6.55. The molecule has 0 saturated carbocycles. The predicted molar refractivity (Wildman–Crippen MR) is 106 cm³/mol. The molecule has 2 N–H and O–H groups in total. The molecule has 0 fully saturated rings. The topological polar surface area (TPSA) is 63.2 Å². The van der Waals surface area contributed by atoms with E-state index in [-0.39, 0.29) is 12.4 Å². The first-order chi connectivity index (χ1) is 12.1. The van der Waals surface area contributed by atoms with Crippen LogP contribution < -0.4 is 15.9 Å². The maximum absolute atomic E-state index is 12.4. The van der Waals surface area contributed by atoms with Gasteiger partial charge in [-0.25, -0.2) is 0 Å². The van der Waals surface area contributed by atoms with Crippen LogP contribution in [0.2, 0.25) is 0 Å². The number of ketones is 1. The van der Waals surface area contributed by atoms with Crippen LogP contribution in [0.4, 0.5) is 5.69 Å². The highest BCUT2D eigenvalue weighted by Gasteiger charge is 2.24. The van der Waals surface area contributed by atoms with E-state index in [1.807, 2.05) is 36.4 Å². The van der Waals surface area contributed by atoms with E-state index in [4.69, 9.17) is 17.0 Å². The predicted octanol–water partition coefficient (Wildman–Crippen LogP) is 1.96. The summed E-state index contributed by atoms with van der Waals surface area (Å²) in [6.07, 6.45) is 3.52. The molecule has 7 heteroatoms. The molecule has 3 rings (SSSR count). The lowest BCUT2D eigenvalue weighted by Gasteiger charge is -2.22. The number of anilines is 1. The van der Waals surface area contributed by atoms with Gasteiger partial charge >= 0.3 is 0 Å². The molecule has 1 aromatic carbocycles. The summed E-state index contributed by atoms with van der Waals surface area (Å²) >= 11 is 5.47. The fourth-order valence-corrected chi connectivity index (χ4v) is 3.11. The minimum Gasteiger partial charge on any atom is -0.382 e. The van der Waals surface area contributed by atoms with Gasteiger partial charge in [0.2, 0.25) is 0 Å². The van der Waals surface area contributed by atoms with E-state index in [1.54, 1.807) is 12.4 Å². The SMILES string of the molecule is O=C1COCC(NCc2ccncc2P)=C1C(=S)Nc1ccccc1. The molecular weight excluding hydrogens is 353 g/mol. The number of hydrogen-bond acceptors (Lipinski definition) is 5. The van der Waals surface area contributed by atoms with Gasteiger partial charge in [-0.05, 0) is 29.1 Å². The summed E-state index contributed by atoms with van der Waals surface area (Å²) in [4.78, 5) is 16.8. The Kier molecular flexibility index (Phi) is 5.87. The van der Waals surface area contributed by atoms with Gasteiger partial charge in [0, 0.05) is 24.6 Å². The molecule has 0 saturated heterocycles. The van der Waals surface area contributed by atoms with Crippen molar-refractivity contribution < 1.29 is 9.53 Å². The number of thiocarbonyl (C=S) groups is 1. The molecule has 1 unspecified atom stereocenters. The second kappa shape index (κ2) is 8.30. The molecule has 0 bridgehead atoms. The van der Waals surface area contributed by atoms with E-state index in [2.05, 4.69) is 24.9 Å². The first-order valence-electron chi connectivity index (χ1n) is 7.78. The summed E-state index contributed by atoms with van der Waals surface area (Å²) < 4.78 is 5.37. The smallest absolute Gasteiger partial charge is 0.193 e. The Balaban J connectivity index is 1.79. The summed E-state index contributed by atoms with van der Waals surface area (Å²) in [6, 6.07) is 11.5. The molecule has 128 valence electrons. The van der Waals surface area contributed by atoms with Gasteiger partial charge in [-0.1, -0.05) is 30.4 Å². The fraction of sp³-hybridized carbons (Fsp3) is 0.167. The van der Waals surface area contributed by atoms with Crippen molar-refractivity contribution in [2.24, 2.45) is 0 Å². The van der Waals surface area contributed by atoms with Gasteiger partial charge in [0.1, 0.15) is 11.6 Å². The van der Waals surface area contributed by atoms with E-state index in [9.17, 15) is 4.79 Å². The zero-order chi connectivity index (χ0) is 17.6. The summed E-state index contributed by atoms with van der Waals surface area (Å²) in [5, 5.41) is 7.42. The number of nitrogens with one attached hydrogen (secondary N) is 2. The number of Topliss-reactive ketones (excluding diaryl/α,β-unsaturated/α-hetero) is 1. The van der Waals surface area contributed by atoms with E-state index < -0.39 is 0 Å². The molecule has 0 amide bonds. The Morgan fingerprint density at radius 1 is 1.24 bits per heavy atom. The third-order valence-electron chi connectivity index (χ3n) is 3.76. The molecule has 0 spiro atoms. The minimum atomic E-state index is -0.122. The Morgan fingerprint density at radius 3 is 2.80 bits per heavy atom. The minimum absolute atomic E-state index is 0.0429. The summed E-state index contributed by atoms with van der Waals surface area (Å²) in [7, 11) is 2.65. The van der Waals surface area contributed by atoms with E-state index in [1.165, 1.54) is 0 Å². The maximum Gasteiger partial charge on any atom is 0.193 e. The van der Waals surface area contributed by atoms with Gasteiger partial charge in [-0.15, -0.1) is 9.24 Å². The summed E-state index contributed by atoms with van der Waals surface area (Å²) in [5.41, 5.74) is 3.11. The van der Waals surface area contributed by atoms with Crippen LogP contribution in [0.1, 0.15) is 5.56 Å². The van der Waals surface area contributed by atoms with Crippen molar-refractivity contribution in [3.63, 3.8) is 0 Å². The first-order valence-corrected chi connectivity index (χ1v) is 8.76. The van der Waals surface area contributed by atoms with Gasteiger partial charge in [-0.3, -0.25) is 9.78 Å². The lowest BCUT2D eigenvalue weighted by atomic mass is 10.1. The van der Waals surface area contributed by atoms with Crippen molar-refractivity contribution >= 4 is 43.2 Å². The second-order valence-electron chi connectivity index (χ2n) is 5.52. The van der Waals surface area contributed by atoms with Gasteiger partial charge < -0.3 is 15.4 Å². The van der Waals surface area contributed by atoms with Crippen molar-refractivity contribution in [2.75, 3.05) is 18.5 Å². The van der Waals surface area contributed by atoms with Crippen LogP contribution >= 0.6 is 21.5 Å². The molecule has 5 nitrogen and oxygen atoms in total. The van der Waals surface area contributed by atoms with Gasteiger partial charge in [0.05, 0.1) is 17.9 Å². The highest BCUT2D eigenvalue weighted by molar-refractivity contribution is 7.81. The average Bonchev–Trinajstić information content (AvgIpc) is 2.62. The van der Waals surface area contributed by atoms with Crippen LogP contribution in [0.15, 0.2) is 60.1 Å². The van der Waals surface area contributed by atoms with Crippen LogP contribution in [0.3, 0.4) is 0 Å². The van der Waals surface area contributed by atoms with Crippen LogP contribution in [0.25, 0.3) is 0 Å². The highest BCUT2D eigenvalue weighted by atomic mass is 32.1. The standard InChI is InChI=1S/C18H18N3O2PS/c22-15-11-23-10-14(20-8-12-6-7-19-9-16(12)24)17(15)18(25)21-13-4-2-1-3-5-13/h1-7,9,20H,8,10-11,24H2,(H,21,25). The third kappa shape index (κ3) is 4.48. The number of pyridine rings is 1. The number of hydrogen-bond donors (Lipinski definition) is 2. The van der Waals surface area contributed by atoms with E-state index in [0.29, 0.717) is 29.4 Å². The number of carbonyl (C=O) groups excluding carboxylic acids is 1. The third-order valence-corrected chi connectivity index (χ3v) is 4.58. The van der Waals surface area contributed by atoms with Crippen LogP contribution in [0.5, 0.6) is 0 Å². The number of para-hydroxylation sites is 1. The molecule has 0 radical (unpaired) electrons. The summed E-state index contributed by atoms with van der Waals surface area (Å²) in [5.74, 6) is -0.122. The fourth-order valence-electron chi connectivity index (χ4n) is 2.47. The Bertz CT molecular complexity index is 824. The molecule has 1 aliphatic heterocycles. The lowest BCUT2D eigenvalue weighted by molar-refractivity contribution is -0.120. The van der Waals surface area contributed by atoms with Crippen molar-refractivity contribution in [3.05, 3.63) is 65.6 Å². The van der Waals surface area contributed by atoms with E-state index in [0.717, 1.165) is 16.6 Å². The Labute approximate surface area is 154 Å². The highest BCUT2D eigenvalue weighted by Crippen LogP contribution is 2.16. The zero-order valence-corrected chi connectivity index (χ0v) is 15.5. The lowest BCUT2D eigenvalue weighted by Crippen LogP contribution is -2.34. The monoisotopic (exact) mass is 371 g/mol. The molecular formula is C18H18N3O2PS.